The summed E-state index contributed by atoms with van der Waals surface area (Å²) in [5, 5.41) is 14.5. The van der Waals surface area contributed by atoms with E-state index >= 15 is 0 Å². The predicted octanol–water partition coefficient (Wildman–Crippen LogP) is 3.00. The number of nitrogens with zero attached hydrogens (tertiary/aromatic N) is 3. The van der Waals surface area contributed by atoms with E-state index in [2.05, 4.69) is 5.10 Å². The van der Waals surface area contributed by atoms with Crippen molar-refractivity contribution in [3.63, 3.8) is 0 Å². The van der Waals surface area contributed by atoms with Crippen molar-refractivity contribution in [2.24, 2.45) is 12.0 Å². The molecule has 0 amide bonds. The van der Waals surface area contributed by atoms with Crippen LogP contribution in [0.15, 0.2) is 29.3 Å². The molecule has 1 aromatic carbocycles. The molecule has 1 N–H and O–H groups in total. The fourth-order valence-corrected chi connectivity index (χ4v) is 3.88. The fourth-order valence-electron chi connectivity index (χ4n) is 2.89. The Balaban J connectivity index is 1.75. The first-order valence-electron chi connectivity index (χ1n) is 8.01. The summed E-state index contributed by atoms with van der Waals surface area (Å²) in [7, 11) is 1.94. The summed E-state index contributed by atoms with van der Waals surface area (Å²) in [6.07, 6.45) is 6.96. The number of aryl methyl sites for hydroxylation is 1. The van der Waals surface area contributed by atoms with E-state index in [0.717, 1.165) is 15.4 Å². The van der Waals surface area contributed by atoms with Crippen molar-refractivity contribution in [2.75, 3.05) is 0 Å². The molecule has 0 unspecified atom stereocenters. The van der Waals surface area contributed by atoms with Crippen LogP contribution in [0.5, 0.6) is 0 Å². The molecule has 0 spiro atoms. The van der Waals surface area contributed by atoms with Crippen LogP contribution in [0.25, 0.3) is 0 Å². The van der Waals surface area contributed by atoms with Crippen LogP contribution in [0.4, 0.5) is 0 Å². The first kappa shape index (κ1) is 15.9. The van der Waals surface area contributed by atoms with Crippen molar-refractivity contribution in [1.82, 2.24) is 9.78 Å². The number of aromatic nitrogens is 2. The molecule has 1 aromatic heterocycles. The number of benzene rings is 1. The van der Waals surface area contributed by atoms with Crippen LogP contribution in [0, 0.1) is 0 Å². The van der Waals surface area contributed by atoms with Gasteiger partial charge in [-0.3, -0.25) is 4.99 Å². The minimum absolute atomic E-state index is 0.312. The van der Waals surface area contributed by atoms with Gasteiger partial charge in [0.2, 0.25) is 4.80 Å². The van der Waals surface area contributed by atoms with Gasteiger partial charge in [0, 0.05) is 13.5 Å². The summed E-state index contributed by atoms with van der Waals surface area (Å²) in [5.41, 5.74) is 1.37. The first-order chi connectivity index (χ1) is 11.1. The van der Waals surface area contributed by atoms with E-state index in [1.165, 1.54) is 32.1 Å². The number of hydrogen-bond acceptors (Lipinski definition) is 4. The Kier molecular flexibility index (Phi) is 4.91. The van der Waals surface area contributed by atoms with Crippen LogP contribution < -0.4 is 4.80 Å². The third-order valence-corrected chi connectivity index (χ3v) is 5.19. The topological polar surface area (TPSA) is 67.5 Å². The zero-order chi connectivity index (χ0) is 16.2. The van der Waals surface area contributed by atoms with Gasteiger partial charge in [0.25, 0.3) is 0 Å². The minimum Gasteiger partial charge on any atom is -0.478 e. The SMILES string of the molecule is Cn1nc(Cc2ccc(C(=O)O)cc2)sc1=NC1CCCCC1. The molecule has 23 heavy (non-hydrogen) atoms. The molecule has 0 aliphatic heterocycles. The number of carboxylic acid groups (broad SMARTS) is 1. The van der Waals surface area contributed by atoms with Gasteiger partial charge in [0.1, 0.15) is 5.01 Å². The molecule has 1 heterocycles. The average Bonchev–Trinajstić information content (AvgIpc) is 2.88. The molecule has 1 saturated carbocycles. The second kappa shape index (κ2) is 7.08. The largest absolute Gasteiger partial charge is 0.478 e. The molecule has 2 aromatic rings. The van der Waals surface area contributed by atoms with Crippen LogP contribution >= 0.6 is 11.3 Å². The van der Waals surface area contributed by atoms with Crippen LogP contribution in [0.3, 0.4) is 0 Å². The van der Waals surface area contributed by atoms with Gasteiger partial charge < -0.3 is 5.11 Å². The zero-order valence-electron chi connectivity index (χ0n) is 13.2. The molecule has 1 fully saturated rings. The standard InChI is InChI=1S/C17H21N3O2S/c1-20-17(18-14-5-3-2-4-6-14)23-15(19-20)11-12-7-9-13(10-8-12)16(21)22/h7-10,14H,2-6,11H2,1H3,(H,21,22). The Labute approximate surface area is 139 Å². The normalized spacial score (nSPS) is 16.7. The number of carbonyl (C=O) groups is 1. The van der Waals surface area contributed by atoms with E-state index in [-0.39, 0.29) is 0 Å². The van der Waals surface area contributed by atoms with E-state index < -0.39 is 5.97 Å². The Hall–Kier alpha value is -1.95. The molecule has 0 atom stereocenters. The maximum atomic E-state index is 10.9. The number of aromatic carboxylic acids is 1. The van der Waals surface area contributed by atoms with Gasteiger partial charge in [-0.2, -0.15) is 5.10 Å². The third kappa shape index (κ3) is 4.07. The van der Waals surface area contributed by atoms with E-state index in [1.807, 2.05) is 23.9 Å². The monoisotopic (exact) mass is 331 g/mol. The van der Waals surface area contributed by atoms with Crippen molar-refractivity contribution >= 4 is 17.3 Å². The average molecular weight is 331 g/mol. The molecular weight excluding hydrogens is 310 g/mol. The van der Waals surface area contributed by atoms with E-state index in [0.29, 0.717) is 18.0 Å². The molecule has 0 saturated heterocycles. The Bertz CT molecular complexity index is 740. The molecule has 3 rings (SSSR count). The van der Waals surface area contributed by atoms with Gasteiger partial charge in [0.15, 0.2) is 0 Å². The summed E-state index contributed by atoms with van der Waals surface area (Å²) < 4.78 is 1.86. The van der Waals surface area contributed by atoms with Gasteiger partial charge >= 0.3 is 5.97 Å². The van der Waals surface area contributed by atoms with E-state index in [1.54, 1.807) is 23.5 Å². The fraction of sp³-hybridized carbons (Fsp3) is 0.471. The summed E-state index contributed by atoms with van der Waals surface area (Å²) in [4.78, 5) is 16.7. The van der Waals surface area contributed by atoms with Gasteiger partial charge in [-0.05, 0) is 30.5 Å². The van der Waals surface area contributed by atoms with Crippen LogP contribution in [-0.4, -0.2) is 26.9 Å². The molecule has 122 valence electrons. The maximum Gasteiger partial charge on any atom is 0.335 e. The second-order valence-corrected chi connectivity index (χ2v) is 7.04. The Morgan fingerprint density at radius 1 is 1.30 bits per heavy atom. The molecule has 5 nitrogen and oxygen atoms in total. The highest BCUT2D eigenvalue weighted by Gasteiger charge is 2.13. The first-order valence-corrected chi connectivity index (χ1v) is 8.82. The molecule has 1 aliphatic carbocycles. The molecule has 1 aliphatic rings. The van der Waals surface area contributed by atoms with Gasteiger partial charge in [0.05, 0.1) is 11.6 Å². The predicted molar refractivity (Wildman–Crippen MR) is 89.7 cm³/mol. The molecule has 6 heteroatoms. The Morgan fingerprint density at radius 2 is 2.00 bits per heavy atom. The van der Waals surface area contributed by atoms with Crippen molar-refractivity contribution in [1.29, 1.82) is 0 Å². The van der Waals surface area contributed by atoms with Crippen LogP contribution in [-0.2, 0) is 13.5 Å². The quantitative estimate of drug-likeness (QED) is 0.936. The highest BCUT2D eigenvalue weighted by molar-refractivity contribution is 7.08. The van der Waals surface area contributed by atoms with E-state index in [4.69, 9.17) is 10.1 Å². The van der Waals surface area contributed by atoms with Crippen molar-refractivity contribution in [2.45, 2.75) is 44.6 Å². The van der Waals surface area contributed by atoms with E-state index in [9.17, 15) is 4.79 Å². The molecule has 0 radical (unpaired) electrons. The van der Waals surface area contributed by atoms with Gasteiger partial charge in [-0.25, -0.2) is 9.48 Å². The summed E-state index contributed by atoms with van der Waals surface area (Å²) in [6.45, 7) is 0. The highest BCUT2D eigenvalue weighted by atomic mass is 32.1. The van der Waals surface area contributed by atoms with Crippen LogP contribution in [0.1, 0.15) is 53.0 Å². The van der Waals surface area contributed by atoms with Crippen molar-refractivity contribution in [3.8, 4) is 0 Å². The van der Waals surface area contributed by atoms with Crippen molar-refractivity contribution < 1.29 is 9.90 Å². The van der Waals surface area contributed by atoms with Crippen molar-refractivity contribution in [3.05, 3.63) is 45.2 Å². The Morgan fingerprint density at radius 3 is 2.65 bits per heavy atom. The highest BCUT2D eigenvalue weighted by Crippen LogP contribution is 2.20. The van der Waals surface area contributed by atoms with Gasteiger partial charge in [-0.15, -0.1) is 0 Å². The zero-order valence-corrected chi connectivity index (χ0v) is 14.1. The number of carboxylic acids is 1. The molecular formula is C17H21N3O2S. The van der Waals surface area contributed by atoms with Crippen LogP contribution in [0.2, 0.25) is 0 Å². The number of hydrogen-bond donors (Lipinski definition) is 1. The lowest BCUT2D eigenvalue weighted by molar-refractivity contribution is 0.0697. The number of rotatable bonds is 4. The lowest BCUT2D eigenvalue weighted by Gasteiger charge is -2.16. The lowest BCUT2D eigenvalue weighted by atomic mass is 9.96. The lowest BCUT2D eigenvalue weighted by Crippen LogP contribution is -2.18. The minimum atomic E-state index is -0.897. The molecule has 0 bridgehead atoms. The summed E-state index contributed by atoms with van der Waals surface area (Å²) in [6, 6.07) is 7.42. The summed E-state index contributed by atoms with van der Waals surface area (Å²) in [5.74, 6) is -0.897. The smallest absolute Gasteiger partial charge is 0.335 e. The second-order valence-electron chi connectivity index (χ2n) is 6.00. The maximum absolute atomic E-state index is 10.9. The third-order valence-electron chi connectivity index (χ3n) is 4.17. The van der Waals surface area contributed by atoms with Gasteiger partial charge in [-0.1, -0.05) is 42.7 Å². The summed E-state index contributed by atoms with van der Waals surface area (Å²) >= 11 is 1.63.